The van der Waals surface area contributed by atoms with Crippen molar-refractivity contribution in [2.24, 2.45) is 0 Å². The lowest BCUT2D eigenvalue weighted by atomic mass is 10.8. The van der Waals surface area contributed by atoms with Crippen molar-refractivity contribution in [2.45, 2.75) is 6.48 Å². The highest BCUT2D eigenvalue weighted by Crippen LogP contribution is 1.99. The highest BCUT2D eigenvalue weighted by molar-refractivity contribution is 6.18. The fourth-order valence-electron chi connectivity index (χ4n) is 0.567. The molecule has 0 bridgehead atoms. The van der Waals surface area contributed by atoms with E-state index in [2.05, 4.69) is 0 Å². The van der Waals surface area contributed by atoms with Gasteiger partial charge in [-0.2, -0.15) is 0 Å². The molecule has 0 aliphatic carbocycles. The first kappa shape index (κ1) is 13.8. The van der Waals surface area contributed by atoms with Crippen molar-refractivity contribution in [3.63, 3.8) is 0 Å². The average molecular weight is 252 g/mol. The van der Waals surface area contributed by atoms with Crippen LogP contribution in [0.4, 0.5) is 0 Å². The maximum Gasteiger partial charge on any atom is 0.271 e. The number of alkyl halides is 3. The molecule has 0 aromatic carbocycles. The molecule has 0 spiro atoms. The Labute approximate surface area is 93.2 Å². The van der Waals surface area contributed by atoms with Crippen LogP contribution in [0, 0.1) is 0 Å². The normalized spacial score (nSPS) is 11.1. The minimum Gasteiger partial charge on any atom is -0.329 e. The van der Waals surface area contributed by atoms with Gasteiger partial charge in [0.2, 0.25) is 0 Å². The van der Waals surface area contributed by atoms with Crippen molar-refractivity contribution in [1.29, 1.82) is 0 Å². The van der Waals surface area contributed by atoms with Crippen LogP contribution >= 0.6 is 34.8 Å². The van der Waals surface area contributed by atoms with Crippen molar-refractivity contribution < 1.29 is 14.2 Å². The molecule has 80 valence electrons. The molecule has 0 N–H and O–H groups in total. The van der Waals surface area contributed by atoms with Crippen LogP contribution in [0.15, 0.2) is 0 Å². The van der Waals surface area contributed by atoms with E-state index in [1.165, 1.54) is 0 Å². The Morgan fingerprint density at radius 3 is 1.23 bits per heavy atom. The van der Waals surface area contributed by atoms with Crippen LogP contribution in [-0.2, 0) is 14.2 Å². The number of halogens is 3. The first-order chi connectivity index (χ1) is 6.35. The lowest BCUT2D eigenvalue weighted by Gasteiger charge is -2.16. The molecule has 0 atom stereocenters. The van der Waals surface area contributed by atoms with Crippen LogP contribution in [0.25, 0.3) is 0 Å². The zero-order chi connectivity index (χ0) is 9.94. The number of rotatable bonds is 9. The van der Waals surface area contributed by atoms with Crippen LogP contribution in [0.2, 0.25) is 0 Å². The summed E-state index contributed by atoms with van der Waals surface area (Å²) in [6.45, 7) is 0.404. The summed E-state index contributed by atoms with van der Waals surface area (Å²) in [5.74, 6) is 1.18. The standard InChI is InChI=1S/C7H13Cl3O3/c8-1-4-11-7(12-5-2-9)13-6-3-10/h7H,1-6H2. The smallest absolute Gasteiger partial charge is 0.271 e. The van der Waals surface area contributed by atoms with Gasteiger partial charge in [0.25, 0.3) is 6.48 Å². The van der Waals surface area contributed by atoms with Gasteiger partial charge < -0.3 is 14.2 Å². The molecule has 0 radical (unpaired) electrons. The molecule has 0 aliphatic rings. The minimum absolute atomic E-state index is 0.372. The van der Waals surface area contributed by atoms with Crippen molar-refractivity contribution in [1.82, 2.24) is 0 Å². The fourth-order valence-corrected chi connectivity index (χ4v) is 0.834. The summed E-state index contributed by atoms with van der Waals surface area (Å²) in [6, 6.07) is 0. The maximum absolute atomic E-state index is 5.43. The predicted octanol–water partition coefficient (Wildman–Crippen LogP) is 2.04. The molecule has 6 heteroatoms. The van der Waals surface area contributed by atoms with E-state index in [1.807, 2.05) is 0 Å². The summed E-state index contributed by atoms with van der Waals surface area (Å²) in [4.78, 5) is 0. The van der Waals surface area contributed by atoms with E-state index in [0.29, 0.717) is 37.5 Å². The number of ether oxygens (including phenoxy) is 3. The van der Waals surface area contributed by atoms with Gasteiger partial charge in [-0.15, -0.1) is 34.8 Å². The van der Waals surface area contributed by atoms with Crippen molar-refractivity contribution in [2.75, 3.05) is 37.5 Å². The molecule has 0 fully saturated rings. The SMILES string of the molecule is ClCCOC(OCCCl)OCCCl. The summed E-state index contributed by atoms with van der Waals surface area (Å²) in [7, 11) is 0. The maximum atomic E-state index is 5.43. The molecule has 0 saturated heterocycles. The summed E-state index contributed by atoms with van der Waals surface area (Å²) in [5.41, 5.74) is 0. The van der Waals surface area contributed by atoms with E-state index >= 15 is 0 Å². The van der Waals surface area contributed by atoms with Crippen LogP contribution in [0.1, 0.15) is 0 Å². The second-order valence-corrected chi connectivity index (χ2v) is 3.10. The quantitative estimate of drug-likeness (QED) is 0.464. The van der Waals surface area contributed by atoms with Crippen molar-refractivity contribution >= 4 is 34.8 Å². The Hall–Kier alpha value is 0.750. The lowest BCUT2D eigenvalue weighted by molar-refractivity contribution is -0.281. The zero-order valence-corrected chi connectivity index (χ0v) is 9.45. The van der Waals surface area contributed by atoms with Gasteiger partial charge in [0.05, 0.1) is 19.8 Å². The van der Waals surface area contributed by atoms with E-state index < -0.39 is 6.48 Å². The molecule has 0 heterocycles. The van der Waals surface area contributed by atoms with Gasteiger partial charge in [-0.1, -0.05) is 0 Å². The number of hydrogen-bond donors (Lipinski definition) is 0. The van der Waals surface area contributed by atoms with Gasteiger partial charge in [0, 0.05) is 17.6 Å². The van der Waals surface area contributed by atoms with Crippen LogP contribution in [0.5, 0.6) is 0 Å². The first-order valence-electron chi connectivity index (χ1n) is 3.87. The largest absolute Gasteiger partial charge is 0.329 e. The molecule has 0 unspecified atom stereocenters. The molecule has 0 aromatic heterocycles. The van der Waals surface area contributed by atoms with Gasteiger partial charge in [0.1, 0.15) is 0 Å². The van der Waals surface area contributed by atoms with Crippen molar-refractivity contribution in [3.05, 3.63) is 0 Å². The van der Waals surface area contributed by atoms with E-state index in [-0.39, 0.29) is 0 Å². The van der Waals surface area contributed by atoms with Gasteiger partial charge in [-0.05, 0) is 0 Å². The van der Waals surface area contributed by atoms with Gasteiger partial charge in [-0.25, -0.2) is 0 Å². The van der Waals surface area contributed by atoms with Gasteiger partial charge in [0.15, 0.2) is 0 Å². The summed E-state index contributed by atoms with van der Waals surface area (Å²) in [6.07, 6.45) is 0. The second kappa shape index (κ2) is 10.8. The molecule has 0 saturated carbocycles. The third-order valence-electron chi connectivity index (χ3n) is 0.993. The Balaban J connectivity index is 3.47. The molecule has 0 aliphatic heterocycles. The topological polar surface area (TPSA) is 27.7 Å². The van der Waals surface area contributed by atoms with Crippen LogP contribution in [-0.4, -0.2) is 43.9 Å². The number of hydrogen-bond acceptors (Lipinski definition) is 3. The monoisotopic (exact) mass is 250 g/mol. The third kappa shape index (κ3) is 9.06. The second-order valence-electron chi connectivity index (χ2n) is 1.97. The molecular formula is C7H13Cl3O3. The Morgan fingerprint density at radius 2 is 1.00 bits per heavy atom. The molecule has 0 rings (SSSR count). The van der Waals surface area contributed by atoms with E-state index in [4.69, 9.17) is 49.0 Å². The Bertz CT molecular complexity index is 86.0. The summed E-state index contributed by atoms with van der Waals surface area (Å²) in [5, 5.41) is 0. The summed E-state index contributed by atoms with van der Waals surface area (Å²) >= 11 is 16.3. The molecular weight excluding hydrogens is 238 g/mol. The molecule has 13 heavy (non-hydrogen) atoms. The fraction of sp³-hybridized carbons (Fsp3) is 1.00. The highest BCUT2D eigenvalue weighted by Gasteiger charge is 2.08. The Morgan fingerprint density at radius 1 is 0.692 bits per heavy atom. The molecule has 0 aromatic rings. The lowest BCUT2D eigenvalue weighted by Crippen LogP contribution is -2.24. The van der Waals surface area contributed by atoms with Crippen molar-refractivity contribution in [3.8, 4) is 0 Å². The van der Waals surface area contributed by atoms with E-state index in [0.717, 1.165) is 0 Å². The average Bonchev–Trinajstić information content (AvgIpc) is 2.17. The first-order valence-corrected chi connectivity index (χ1v) is 5.48. The van der Waals surface area contributed by atoms with E-state index in [1.54, 1.807) is 0 Å². The highest BCUT2D eigenvalue weighted by atomic mass is 35.5. The van der Waals surface area contributed by atoms with Crippen LogP contribution in [0.3, 0.4) is 0 Å². The predicted molar refractivity (Wildman–Crippen MR) is 53.8 cm³/mol. The summed E-state index contributed by atoms with van der Waals surface area (Å²) < 4.78 is 15.3. The zero-order valence-electron chi connectivity index (χ0n) is 7.18. The van der Waals surface area contributed by atoms with Gasteiger partial charge in [-0.3, -0.25) is 0 Å². The molecule has 3 nitrogen and oxygen atoms in total. The van der Waals surface area contributed by atoms with Crippen LogP contribution < -0.4 is 0 Å². The Kier molecular flexibility index (Phi) is 11.5. The third-order valence-corrected chi connectivity index (χ3v) is 1.46. The van der Waals surface area contributed by atoms with Gasteiger partial charge >= 0.3 is 0 Å². The molecule has 0 amide bonds. The minimum atomic E-state index is -0.712. The van der Waals surface area contributed by atoms with E-state index in [9.17, 15) is 0 Å².